The number of rotatable bonds is 0. The second-order valence-corrected chi connectivity index (χ2v) is 8.23. The molecule has 0 fully saturated rings. The predicted octanol–water partition coefficient (Wildman–Crippen LogP) is 4.73. The lowest BCUT2D eigenvalue weighted by atomic mass is 10.0. The third-order valence-electron chi connectivity index (χ3n) is 4.43. The van der Waals surface area contributed by atoms with Crippen molar-refractivity contribution in [2.75, 3.05) is 0 Å². The van der Waals surface area contributed by atoms with Crippen molar-refractivity contribution in [2.45, 2.75) is 77.9 Å². The Morgan fingerprint density at radius 1 is 1.11 bits per heavy atom. The fourth-order valence-electron chi connectivity index (χ4n) is 3.01. The van der Waals surface area contributed by atoms with E-state index in [1.165, 1.54) is 6.08 Å². The highest BCUT2D eigenvalue weighted by atomic mass is 32.1. The molecule has 27 heavy (non-hydrogen) atoms. The van der Waals surface area contributed by atoms with Gasteiger partial charge in [0.1, 0.15) is 12.2 Å². The van der Waals surface area contributed by atoms with Crippen LogP contribution in [0, 0.1) is 0 Å². The summed E-state index contributed by atoms with van der Waals surface area (Å²) >= 11 is 1.59. The van der Waals surface area contributed by atoms with Crippen LogP contribution in [0.2, 0.25) is 0 Å². The van der Waals surface area contributed by atoms with E-state index in [0.29, 0.717) is 19.3 Å². The Labute approximate surface area is 165 Å². The maximum atomic E-state index is 12.0. The second kappa shape index (κ2) is 10.4. The zero-order chi connectivity index (χ0) is 19.8. The first-order chi connectivity index (χ1) is 12.8. The molecule has 2 heterocycles. The molecule has 0 aliphatic carbocycles. The summed E-state index contributed by atoms with van der Waals surface area (Å²) in [7, 11) is 0. The number of carbonyl (C=O) groups excluding carboxylic acids is 2. The van der Waals surface area contributed by atoms with Crippen molar-refractivity contribution < 1.29 is 19.1 Å². The summed E-state index contributed by atoms with van der Waals surface area (Å²) in [5.41, 5.74) is 2.07. The van der Waals surface area contributed by atoms with Crippen LogP contribution in [-0.2, 0) is 25.5 Å². The molecule has 2 rings (SSSR count). The van der Waals surface area contributed by atoms with Gasteiger partial charge in [-0.25, -0.2) is 9.78 Å². The highest BCUT2D eigenvalue weighted by Gasteiger charge is 2.16. The smallest absolute Gasteiger partial charge is 0.331 e. The largest absolute Gasteiger partial charge is 0.462 e. The van der Waals surface area contributed by atoms with Crippen LogP contribution in [0.25, 0.3) is 0 Å². The fraction of sp³-hybridized carbons (Fsp3) is 0.571. The standard InChI is InChI=1S/C21H29NO4S/c1-14-7-5-9-20(23)26-17(4)12-19-22-18(13-27-19)15(2)8-6-10-21(24)25-16(3)11-14/h5,7,9,13,15-17H,6,8,10-12H2,1-4H3/b9-5-,14-7+/t15-,16-,17+/m0/s1. The molecule has 0 spiro atoms. The minimum absolute atomic E-state index is 0.160. The van der Waals surface area contributed by atoms with E-state index in [-0.39, 0.29) is 30.1 Å². The van der Waals surface area contributed by atoms with Crippen molar-refractivity contribution in [3.63, 3.8) is 0 Å². The lowest BCUT2D eigenvalue weighted by molar-refractivity contribution is -0.148. The van der Waals surface area contributed by atoms with Crippen LogP contribution in [0.1, 0.15) is 70.0 Å². The second-order valence-electron chi connectivity index (χ2n) is 7.29. The Kier molecular flexibility index (Phi) is 8.23. The van der Waals surface area contributed by atoms with Crippen LogP contribution in [-0.4, -0.2) is 29.1 Å². The first kappa shape index (κ1) is 21.4. The molecule has 0 unspecified atom stereocenters. The number of carbonyl (C=O) groups is 2. The van der Waals surface area contributed by atoms with Gasteiger partial charge in [-0.1, -0.05) is 24.6 Å². The molecular weight excluding hydrogens is 362 g/mol. The Bertz CT molecular complexity index is 707. The summed E-state index contributed by atoms with van der Waals surface area (Å²) in [6.45, 7) is 7.84. The van der Waals surface area contributed by atoms with E-state index in [1.54, 1.807) is 17.4 Å². The van der Waals surface area contributed by atoms with E-state index in [9.17, 15) is 9.59 Å². The number of cyclic esters (lactones) is 2. The number of allylic oxidation sites excluding steroid dienone is 2. The third-order valence-corrected chi connectivity index (χ3v) is 5.32. The third kappa shape index (κ3) is 7.67. The van der Waals surface area contributed by atoms with Crippen LogP contribution in [0.15, 0.2) is 29.2 Å². The molecule has 0 radical (unpaired) electrons. The number of hydrogen-bond acceptors (Lipinski definition) is 6. The average molecular weight is 392 g/mol. The molecular formula is C21H29NO4S. The quantitative estimate of drug-likeness (QED) is 0.598. The van der Waals surface area contributed by atoms with Gasteiger partial charge in [0.15, 0.2) is 0 Å². The SMILES string of the molecule is C/C1=C\C=C/C(=O)O[C@H](C)Cc2nc(cs2)[C@@H](C)CCCC(=O)O[C@@H](C)C1. The van der Waals surface area contributed by atoms with Crippen LogP contribution in [0.4, 0.5) is 0 Å². The first-order valence-electron chi connectivity index (χ1n) is 9.51. The molecule has 6 heteroatoms. The maximum Gasteiger partial charge on any atom is 0.331 e. The minimum atomic E-state index is -0.367. The van der Waals surface area contributed by atoms with E-state index in [1.807, 2.05) is 26.8 Å². The predicted molar refractivity (Wildman–Crippen MR) is 107 cm³/mol. The first-order valence-corrected chi connectivity index (χ1v) is 10.4. The van der Waals surface area contributed by atoms with Gasteiger partial charge in [0.25, 0.3) is 0 Å². The number of nitrogens with zero attached hydrogens (tertiary/aromatic N) is 1. The van der Waals surface area contributed by atoms with Crippen LogP contribution in [0.5, 0.6) is 0 Å². The molecule has 0 N–H and O–H groups in total. The van der Waals surface area contributed by atoms with E-state index in [4.69, 9.17) is 9.47 Å². The summed E-state index contributed by atoms with van der Waals surface area (Å²) < 4.78 is 10.9. The average Bonchev–Trinajstić information content (AvgIpc) is 3.01. The van der Waals surface area contributed by atoms with Gasteiger partial charge in [0, 0.05) is 30.7 Å². The normalized spacial score (nSPS) is 29.3. The van der Waals surface area contributed by atoms with Gasteiger partial charge < -0.3 is 9.47 Å². The number of thiazole rings is 1. The summed E-state index contributed by atoms with van der Waals surface area (Å²) in [6.07, 6.45) is 7.87. The zero-order valence-corrected chi connectivity index (χ0v) is 17.4. The maximum absolute atomic E-state index is 12.0. The fourth-order valence-corrected chi connectivity index (χ4v) is 4.04. The lowest BCUT2D eigenvalue weighted by Gasteiger charge is -2.14. The van der Waals surface area contributed by atoms with Crippen molar-refractivity contribution in [1.29, 1.82) is 0 Å². The van der Waals surface area contributed by atoms with Gasteiger partial charge >= 0.3 is 11.9 Å². The van der Waals surface area contributed by atoms with Gasteiger partial charge in [-0.2, -0.15) is 0 Å². The summed E-state index contributed by atoms with van der Waals surface area (Å²) in [6, 6.07) is 0. The molecule has 0 aromatic carbocycles. The van der Waals surface area contributed by atoms with Crippen molar-refractivity contribution in [3.05, 3.63) is 39.9 Å². The molecule has 1 aromatic rings. The van der Waals surface area contributed by atoms with Gasteiger partial charge in [0.05, 0.1) is 10.7 Å². The van der Waals surface area contributed by atoms with E-state index < -0.39 is 0 Å². The Morgan fingerprint density at radius 3 is 2.63 bits per heavy atom. The number of esters is 2. The molecule has 1 aromatic heterocycles. The Morgan fingerprint density at radius 2 is 1.85 bits per heavy atom. The Hall–Kier alpha value is -1.95. The van der Waals surface area contributed by atoms with Gasteiger partial charge in [-0.05, 0) is 39.5 Å². The molecule has 5 nitrogen and oxygen atoms in total. The van der Waals surface area contributed by atoms with Crippen LogP contribution >= 0.6 is 11.3 Å². The van der Waals surface area contributed by atoms with Gasteiger partial charge in [0.2, 0.25) is 0 Å². The summed E-state index contributed by atoms with van der Waals surface area (Å²) in [5, 5.41) is 3.02. The molecule has 2 bridgehead atoms. The van der Waals surface area contributed by atoms with E-state index in [0.717, 1.165) is 29.1 Å². The number of hydrogen-bond donors (Lipinski definition) is 0. The van der Waals surface area contributed by atoms with Crippen LogP contribution in [0.3, 0.4) is 0 Å². The molecule has 0 saturated carbocycles. The molecule has 3 atom stereocenters. The zero-order valence-electron chi connectivity index (χ0n) is 16.6. The topological polar surface area (TPSA) is 65.5 Å². The van der Waals surface area contributed by atoms with Crippen LogP contribution < -0.4 is 0 Å². The minimum Gasteiger partial charge on any atom is -0.462 e. The number of fused-ring (bicyclic) bond motifs is 2. The van der Waals surface area contributed by atoms with Crippen molar-refractivity contribution in [3.8, 4) is 0 Å². The highest BCUT2D eigenvalue weighted by Crippen LogP contribution is 2.24. The highest BCUT2D eigenvalue weighted by molar-refractivity contribution is 7.09. The van der Waals surface area contributed by atoms with E-state index in [2.05, 4.69) is 17.3 Å². The van der Waals surface area contributed by atoms with Crippen molar-refractivity contribution >= 4 is 23.3 Å². The van der Waals surface area contributed by atoms with Gasteiger partial charge in [-0.15, -0.1) is 11.3 Å². The number of ether oxygens (including phenoxy) is 2. The van der Waals surface area contributed by atoms with Crippen molar-refractivity contribution in [1.82, 2.24) is 4.98 Å². The molecule has 0 amide bonds. The monoisotopic (exact) mass is 391 g/mol. The number of aromatic nitrogens is 1. The molecule has 1 aliphatic heterocycles. The lowest BCUT2D eigenvalue weighted by Crippen LogP contribution is -2.15. The van der Waals surface area contributed by atoms with Crippen molar-refractivity contribution in [2.24, 2.45) is 0 Å². The van der Waals surface area contributed by atoms with E-state index >= 15 is 0 Å². The Balaban J connectivity index is 2.10. The molecule has 0 saturated heterocycles. The summed E-state index contributed by atoms with van der Waals surface area (Å²) in [5.74, 6) is -0.241. The molecule has 148 valence electrons. The van der Waals surface area contributed by atoms with Gasteiger partial charge in [-0.3, -0.25) is 4.79 Å². The molecule has 1 aliphatic rings. The summed E-state index contributed by atoms with van der Waals surface area (Å²) in [4.78, 5) is 28.6.